The SMILES string of the molecule is CS(O)(O)CCCNCCN. The summed E-state index contributed by atoms with van der Waals surface area (Å²) in [6.07, 6.45) is 2.26. The standard InChI is InChI=1S/C6H18N2O2S/c1-11(9,10)6-2-4-8-5-3-7/h8-10H,2-7H2,1H3. The van der Waals surface area contributed by atoms with Gasteiger partial charge in [-0.1, -0.05) is 0 Å². The van der Waals surface area contributed by atoms with Crippen LogP contribution in [0.25, 0.3) is 0 Å². The first-order chi connectivity index (χ1) is 5.06. The lowest BCUT2D eigenvalue weighted by Gasteiger charge is -2.26. The van der Waals surface area contributed by atoms with Gasteiger partial charge in [-0.3, -0.25) is 9.11 Å². The maximum absolute atomic E-state index is 8.96. The normalized spacial score (nSPS) is 13.5. The number of nitrogens with two attached hydrogens (primary N) is 1. The maximum atomic E-state index is 8.96. The molecule has 5 heteroatoms. The van der Waals surface area contributed by atoms with Gasteiger partial charge in [0.2, 0.25) is 0 Å². The molecule has 0 unspecified atom stereocenters. The lowest BCUT2D eigenvalue weighted by molar-refractivity contribution is 0.491. The molecule has 70 valence electrons. The third-order valence-electron chi connectivity index (χ3n) is 1.21. The summed E-state index contributed by atoms with van der Waals surface area (Å²) in [7, 11) is -2.28. The molecule has 0 aliphatic heterocycles. The topological polar surface area (TPSA) is 78.5 Å². The number of rotatable bonds is 6. The molecule has 5 N–H and O–H groups in total. The van der Waals surface area contributed by atoms with Gasteiger partial charge in [0.15, 0.2) is 0 Å². The summed E-state index contributed by atoms with van der Waals surface area (Å²) in [5, 5.41) is 3.07. The molecule has 0 aliphatic carbocycles. The molecule has 0 amide bonds. The van der Waals surface area contributed by atoms with Crippen LogP contribution >= 0.6 is 10.6 Å². The molecule has 0 aliphatic rings. The van der Waals surface area contributed by atoms with E-state index in [1.807, 2.05) is 0 Å². The zero-order chi connectivity index (χ0) is 8.74. The van der Waals surface area contributed by atoms with Gasteiger partial charge in [-0.15, -0.1) is 0 Å². The van der Waals surface area contributed by atoms with Crippen molar-refractivity contribution in [2.24, 2.45) is 5.73 Å². The van der Waals surface area contributed by atoms with Crippen LogP contribution in [-0.2, 0) is 0 Å². The first kappa shape index (κ1) is 11.2. The third kappa shape index (κ3) is 10.2. The smallest absolute Gasteiger partial charge is 0.0383 e. The summed E-state index contributed by atoms with van der Waals surface area (Å²) in [5.41, 5.74) is 5.24. The highest BCUT2D eigenvalue weighted by atomic mass is 32.3. The van der Waals surface area contributed by atoms with Gasteiger partial charge in [0.25, 0.3) is 0 Å². The van der Waals surface area contributed by atoms with Gasteiger partial charge in [-0.2, -0.15) is 10.6 Å². The molecule has 0 radical (unpaired) electrons. The van der Waals surface area contributed by atoms with Crippen molar-refractivity contribution in [2.75, 3.05) is 31.6 Å². The van der Waals surface area contributed by atoms with E-state index >= 15 is 0 Å². The van der Waals surface area contributed by atoms with Crippen molar-refractivity contribution < 1.29 is 9.11 Å². The van der Waals surface area contributed by atoms with E-state index in [0.717, 1.165) is 19.5 Å². The lowest BCUT2D eigenvalue weighted by atomic mass is 10.5. The van der Waals surface area contributed by atoms with Gasteiger partial charge < -0.3 is 11.1 Å². The maximum Gasteiger partial charge on any atom is 0.0383 e. The van der Waals surface area contributed by atoms with Crippen molar-refractivity contribution in [3.8, 4) is 0 Å². The Morgan fingerprint density at radius 2 is 2.00 bits per heavy atom. The van der Waals surface area contributed by atoms with Gasteiger partial charge >= 0.3 is 0 Å². The molecule has 0 fully saturated rings. The molecule has 11 heavy (non-hydrogen) atoms. The molecule has 0 saturated heterocycles. The first-order valence-corrected chi connectivity index (χ1v) is 5.80. The zero-order valence-electron chi connectivity index (χ0n) is 6.92. The zero-order valence-corrected chi connectivity index (χ0v) is 7.73. The second-order valence-electron chi connectivity index (χ2n) is 2.59. The van der Waals surface area contributed by atoms with Crippen LogP contribution in [0.1, 0.15) is 6.42 Å². The monoisotopic (exact) mass is 182 g/mol. The van der Waals surface area contributed by atoms with Gasteiger partial charge in [-0.05, 0) is 13.0 Å². The van der Waals surface area contributed by atoms with E-state index in [-0.39, 0.29) is 0 Å². The van der Waals surface area contributed by atoms with Crippen LogP contribution in [0.5, 0.6) is 0 Å². The lowest BCUT2D eigenvalue weighted by Crippen LogP contribution is -2.24. The molecule has 0 bridgehead atoms. The second-order valence-corrected chi connectivity index (χ2v) is 4.99. The molecule has 0 aromatic carbocycles. The van der Waals surface area contributed by atoms with Crippen LogP contribution in [0.4, 0.5) is 0 Å². The molecule has 0 atom stereocenters. The van der Waals surface area contributed by atoms with Crippen molar-refractivity contribution in [3.05, 3.63) is 0 Å². The molecule has 4 nitrogen and oxygen atoms in total. The summed E-state index contributed by atoms with van der Waals surface area (Å²) in [5.74, 6) is 0.477. The van der Waals surface area contributed by atoms with E-state index in [4.69, 9.17) is 14.8 Å². The molecule has 0 saturated carbocycles. The Morgan fingerprint density at radius 1 is 1.36 bits per heavy atom. The van der Waals surface area contributed by atoms with Gasteiger partial charge in [0.1, 0.15) is 0 Å². The summed E-state index contributed by atoms with van der Waals surface area (Å²) in [6.45, 7) is 2.23. The molecule has 0 rings (SSSR count). The van der Waals surface area contributed by atoms with Crippen molar-refractivity contribution >= 4 is 10.6 Å². The van der Waals surface area contributed by atoms with E-state index in [1.165, 1.54) is 6.26 Å². The fourth-order valence-corrected chi connectivity index (χ4v) is 1.39. The summed E-state index contributed by atoms with van der Waals surface area (Å²) < 4.78 is 17.9. The molecule has 0 heterocycles. The molecule has 0 spiro atoms. The minimum atomic E-state index is -2.28. The largest absolute Gasteiger partial charge is 0.329 e. The fraction of sp³-hybridized carbons (Fsp3) is 1.00. The summed E-state index contributed by atoms with van der Waals surface area (Å²) in [4.78, 5) is 0. The van der Waals surface area contributed by atoms with E-state index in [1.54, 1.807) is 0 Å². The van der Waals surface area contributed by atoms with E-state index in [9.17, 15) is 0 Å². The second kappa shape index (κ2) is 5.79. The Balaban J connectivity index is 3.02. The van der Waals surface area contributed by atoms with Gasteiger partial charge in [0, 0.05) is 25.1 Å². The third-order valence-corrected chi connectivity index (χ3v) is 2.27. The average Bonchev–Trinajstić information content (AvgIpc) is 1.85. The summed E-state index contributed by atoms with van der Waals surface area (Å²) in [6, 6.07) is 0. The average molecular weight is 182 g/mol. The Bertz CT molecular complexity index is 95.1. The highest BCUT2D eigenvalue weighted by molar-refractivity contribution is 8.23. The van der Waals surface area contributed by atoms with E-state index < -0.39 is 10.6 Å². The van der Waals surface area contributed by atoms with Gasteiger partial charge in [-0.25, -0.2) is 0 Å². The van der Waals surface area contributed by atoms with Gasteiger partial charge in [0.05, 0.1) is 0 Å². The predicted octanol–water partition coefficient (Wildman–Crippen LogP) is 0.305. The van der Waals surface area contributed by atoms with Crippen LogP contribution < -0.4 is 11.1 Å². The Morgan fingerprint density at radius 3 is 2.45 bits per heavy atom. The van der Waals surface area contributed by atoms with E-state index in [2.05, 4.69) is 5.32 Å². The Kier molecular flexibility index (Phi) is 5.89. The quantitative estimate of drug-likeness (QED) is 0.446. The molecule has 0 aromatic rings. The summed E-state index contributed by atoms with van der Waals surface area (Å²) >= 11 is 0. The first-order valence-electron chi connectivity index (χ1n) is 3.68. The fourth-order valence-electron chi connectivity index (χ4n) is 0.698. The van der Waals surface area contributed by atoms with Crippen molar-refractivity contribution in [2.45, 2.75) is 6.42 Å². The van der Waals surface area contributed by atoms with Crippen LogP contribution in [0, 0.1) is 0 Å². The highest BCUT2D eigenvalue weighted by Crippen LogP contribution is 2.33. The number of hydrogen-bond donors (Lipinski definition) is 4. The minimum absolute atomic E-state index is 0.477. The van der Waals surface area contributed by atoms with Crippen LogP contribution in [0.15, 0.2) is 0 Å². The van der Waals surface area contributed by atoms with Crippen molar-refractivity contribution in [1.29, 1.82) is 0 Å². The minimum Gasteiger partial charge on any atom is -0.329 e. The van der Waals surface area contributed by atoms with Crippen LogP contribution in [0.2, 0.25) is 0 Å². The highest BCUT2D eigenvalue weighted by Gasteiger charge is 2.01. The molecular weight excluding hydrogens is 164 g/mol. The predicted molar refractivity (Wildman–Crippen MR) is 50.2 cm³/mol. The van der Waals surface area contributed by atoms with Crippen molar-refractivity contribution in [3.63, 3.8) is 0 Å². The number of nitrogens with one attached hydrogen (secondary N) is 1. The molecular formula is C6H18N2O2S. The Hall–Kier alpha value is 0.190. The van der Waals surface area contributed by atoms with Crippen LogP contribution in [-0.4, -0.2) is 40.7 Å². The van der Waals surface area contributed by atoms with E-state index in [0.29, 0.717) is 12.3 Å². The van der Waals surface area contributed by atoms with Crippen molar-refractivity contribution in [1.82, 2.24) is 5.32 Å². The molecule has 0 aromatic heterocycles. The number of hydrogen-bond acceptors (Lipinski definition) is 4. The van der Waals surface area contributed by atoms with Crippen LogP contribution in [0.3, 0.4) is 0 Å². The Labute approximate surface area is 69.5 Å².